The molecule has 3 nitrogen and oxygen atoms in total. The van der Waals surface area contributed by atoms with Crippen LogP contribution in [0.4, 0.5) is 5.69 Å². The van der Waals surface area contributed by atoms with E-state index in [1.54, 1.807) is 0 Å². The van der Waals surface area contributed by atoms with Crippen molar-refractivity contribution in [2.75, 3.05) is 6.54 Å². The lowest BCUT2D eigenvalue weighted by molar-refractivity contribution is -0.761. The number of rotatable bonds is 0. The molecule has 7 heteroatoms. The molecule has 0 saturated carbocycles. The van der Waals surface area contributed by atoms with Crippen LogP contribution in [0.25, 0.3) is 0 Å². The van der Waals surface area contributed by atoms with Gasteiger partial charge in [0.2, 0.25) is 0 Å². The third-order valence-electron chi connectivity index (χ3n) is 2.19. The Kier molecular flexibility index (Phi) is 3.41. The van der Waals surface area contributed by atoms with Gasteiger partial charge in [0.25, 0.3) is 0 Å². The zero-order valence-electron chi connectivity index (χ0n) is 7.13. The van der Waals surface area contributed by atoms with Gasteiger partial charge in [0.05, 0.1) is 14.5 Å². The lowest BCUT2D eigenvalue weighted by Gasteiger charge is -2.17. The SMILES string of the molecule is N=C1C[NH+]([O-])c2c(Br)c(Br)c(Br)c(Br)c21. The van der Waals surface area contributed by atoms with Gasteiger partial charge in [0.1, 0.15) is 12.3 Å². The Bertz CT molecular complexity index is 474. The smallest absolute Gasteiger partial charge is 0.157 e. The molecule has 15 heavy (non-hydrogen) atoms. The first kappa shape index (κ1) is 12.2. The summed E-state index contributed by atoms with van der Waals surface area (Å²) in [4.78, 5) is 0. The summed E-state index contributed by atoms with van der Waals surface area (Å²) in [5, 5.41) is 19.4. The summed E-state index contributed by atoms with van der Waals surface area (Å²) in [6, 6.07) is 0. The van der Waals surface area contributed by atoms with Crippen molar-refractivity contribution in [3.8, 4) is 0 Å². The molecule has 0 amide bonds. The third kappa shape index (κ3) is 1.77. The molecule has 1 unspecified atom stereocenters. The highest BCUT2D eigenvalue weighted by Gasteiger charge is 2.32. The number of quaternary nitrogens is 1. The van der Waals surface area contributed by atoms with E-state index in [0.29, 0.717) is 21.4 Å². The maximum atomic E-state index is 11.7. The molecular formula is C8H4Br4N2O. The molecule has 1 heterocycles. The van der Waals surface area contributed by atoms with Crippen molar-refractivity contribution in [2.24, 2.45) is 0 Å². The van der Waals surface area contributed by atoms with Crippen molar-refractivity contribution < 1.29 is 5.06 Å². The highest BCUT2D eigenvalue weighted by atomic mass is 79.9. The lowest BCUT2D eigenvalue weighted by atomic mass is 10.1. The number of nitrogens with one attached hydrogen (secondary N) is 2. The van der Waals surface area contributed by atoms with Crippen molar-refractivity contribution >= 4 is 75.1 Å². The van der Waals surface area contributed by atoms with Crippen LogP contribution < -0.4 is 5.06 Å². The summed E-state index contributed by atoms with van der Waals surface area (Å²) in [5.41, 5.74) is 1.62. The van der Waals surface area contributed by atoms with Crippen molar-refractivity contribution in [3.63, 3.8) is 0 Å². The Balaban J connectivity index is 2.86. The van der Waals surface area contributed by atoms with Crippen LogP contribution in [0.5, 0.6) is 0 Å². The maximum Gasteiger partial charge on any atom is 0.157 e. The van der Waals surface area contributed by atoms with Crippen molar-refractivity contribution in [3.05, 3.63) is 28.7 Å². The molecule has 0 spiro atoms. The standard InChI is InChI=1S/C8H4Br4N2O/c9-4-3-2(13)1-14(15)8(3)7(12)6(11)5(4)10/h13-14H,1H2. The first-order chi connectivity index (χ1) is 6.95. The minimum atomic E-state index is -0.0178. The zero-order valence-corrected chi connectivity index (χ0v) is 13.5. The summed E-state index contributed by atoms with van der Waals surface area (Å²) in [5.74, 6) is 0. The van der Waals surface area contributed by atoms with Crippen LogP contribution in [0.2, 0.25) is 0 Å². The van der Waals surface area contributed by atoms with Gasteiger partial charge in [0, 0.05) is 8.95 Å². The van der Waals surface area contributed by atoms with Gasteiger partial charge in [-0.3, -0.25) is 5.41 Å². The largest absolute Gasteiger partial charge is 0.629 e. The van der Waals surface area contributed by atoms with Crippen LogP contribution in [0.3, 0.4) is 0 Å². The molecule has 0 saturated heterocycles. The van der Waals surface area contributed by atoms with E-state index in [4.69, 9.17) is 5.41 Å². The number of hydrogen-bond acceptors (Lipinski definition) is 2. The van der Waals surface area contributed by atoms with Gasteiger partial charge in [0.15, 0.2) is 5.69 Å². The molecule has 2 rings (SSSR count). The predicted octanol–water partition coefficient (Wildman–Crippen LogP) is 3.13. The monoisotopic (exact) mass is 460 g/mol. The van der Waals surface area contributed by atoms with E-state index in [2.05, 4.69) is 63.7 Å². The van der Waals surface area contributed by atoms with Gasteiger partial charge in [-0.25, -0.2) is 0 Å². The minimum Gasteiger partial charge on any atom is -0.629 e. The number of benzene rings is 1. The van der Waals surface area contributed by atoms with Crippen LogP contribution >= 0.6 is 63.7 Å². The summed E-state index contributed by atoms with van der Waals surface area (Å²) in [6.45, 7) is 0.176. The molecular weight excluding hydrogens is 460 g/mol. The number of hydrogen-bond donors (Lipinski definition) is 2. The highest BCUT2D eigenvalue weighted by molar-refractivity contribution is 9.15. The van der Waals surface area contributed by atoms with E-state index < -0.39 is 0 Å². The lowest BCUT2D eigenvalue weighted by Crippen LogP contribution is -3.01. The van der Waals surface area contributed by atoms with E-state index in [0.717, 1.165) is 13.4 Å². The molecule has 0 aliphatic carbocycles. The fraction of sp³-hybridized carbons (Fsp3) is 0.125. The molecule has 0 radical (unpaired) electrons. The fourth-order valence-electron chi connectivity index (χ4n) is 1.51. The van der Waals surface area contributed by atoms with Gasteiger partial charge in [-0.1, -0.05) is 0 Å². The second-order valence-electron chi connectivity index (χ2n) is 3.08. The Labute approximate surface area is 120 Å². The Morgan fingerprint density at radius 3 is 2.13 bits per heavy atom. The molecule has 0 bridgehead atoms. The second-order valence-corrected chi connectivity index (χ2v) is 6.26. The van der Waals surface area contributed by atoms with Crippen LogP contribution in [-0.2, 0) is 0 Å². The summed E-state index contributed by atoms with van der Waals surface area (Å²) in [7, 11) is 0. The minimum absolute atomic E-state index is 0.0178. The quantitative estimate of drug-likeness (QED) is 0.347. The molecule has 2 N–H and O–H groups in total. The maximum absolute atomic E-state index is 11.7. The molecule has 1 aromatic rings. The predicted molar refractivity (Wildman–Crippen MR) is 72.9 cm³/mol. The zero-order chi connectivity index (χ0) is 11.3. The molecule has 0 fully saturated rings. The number of halogens is 4. The van der Waals surface area contributed by atoms with Crippen LogP contribution in [0.1, 0.15) is 5.56 Å². The third-order valence-corrected chi connectivity index (χ3v) is 6.95. The second kappa shape index (κ2) is 4.19. The number of fused-ring (bicyclic) bond motifs is 1. The van der Waals surface area contributed by atoms with Crippen LogP contribution in [0, 0.1) is 10.6 Å². The molecule has 1 aromatic carbocycles. The van der Waals surface area contributed by atoms with Gasteiger partial charge >= 0.3 is 0 Å². The van der Waals surface area contributed by atoms with Crippen molar-refractivity contribution in [2.45, 2.75) is 0 Å². The normalized spacial score (nSPS) is 19.5. The average molecular weight is 464 g/mol. The summed E-state index contributed by atoms with van der Waals surface area (Å²) >= 11 is 13.5. The van der Waals surface area contributed by atoms with Crippen LogP contribution in [0.15, 0.2) is 17.9 Å². The topological polar surface area (TPSA) is 51.4 Å². The van der Waals surface area contributed by atoms with Crippen LogP contribution in [-0.4, -0.2) is 12.3 Å². The van der Waals surface area contributed by atoms with E-state index in [1.807, 2.05) is 0 Å². The molecule has 1 aliphatic heterocycles. The number of hydroxylamine groups is 1. The van der Waals surface area contributed by atoms with Gasteiger partial charge in [-0.2, -0.15) is 0 Å². The Morgan fingerprint density at radius 2 is 1.53 bits per heavy atom. The first-order valence-corrected chi connectivity index (χ1v) is 7.09. The highest BCUT2D eigenvalue weighted by Crippen LogP contribution is 2.44. The molecule has 0 aromatic heterocycles. The summed E-state index contributed by atoms with van der Waals surface area (Å²) < 4.78 is 3.06. The Morgan fingerprint density at radius 1 is 1.00 bits per heavy atom. The summed E-state index contributed by atoms with van der Waals surface area (Å²) in [6.07, 6.45) is 0. The molecule has 1 aliphatic rings. The van der Waals surface area contributed by atoms with E-state index >= 15 is 0 Å². The fourth-order valence-corrected chi connectivity index (χ4v) is 4.09. The van der Waals surface area contributed by atoms with Crippen molar-refractivity contribution in [1.82, 2.24) is 0 Å². The van der Waals surface area contributed by atoms with Gasteiger partial charge in [-0.15, -0.1) is 0 Å². The molecule has 80 valence electrons. The van der Waals surface area contributed by atoms with E-state index in [-0.39, 0.29) is 11.6 Å². The Hall–Kier alpha value is 0.730. The van der Waals surface area contributed by atoms with Gasteiger partial charge < -0.3 is 10.3 Å². The van der Waals surface area contributed by atoms with E-state index in [1.165, 1.54) is 0 Å². The van der Waals surface area contributed by atoms with Gasteiger partial charge in [-0.05, 0) is 63.7 Å². The first-order valence-electron chi connectivity index (χ1n) is 3.92. The average Bonchev–Trinajstić information content (AvgIpc) is 2.47. The van der Waals surface area contributed by atoms with E-state index in [9.17, 15) is 5.21 Å². The molecule has 1 atom stereocenters. The van der Waals surface area contributed by atoms with Crippen molar-refractivity contribution in [1.29, 1.82) is 5.41 Å².